The molecule has 0 heterocycles. The van der Waals surface area contributed by atoms with Crippen molar-refractivity contribution in [2.24, 2.45) is 5.92 Å². The topological polar surface area (TPSA) is 43.4 Å². The number of carbonyl (C=O) groups is 2. The molecule has 1 atom stereocenters. The van der Waals surface area contributed by atoms with E-state index in [-0.39, 0.29) is 17.7 Å². The van der Waals surface area contributed by atoms with Gasteiger partial charge < -0.3 is 9.53 Å². The zero-order valence-corrected chi connectivity index (χ0v) is 8.71. The third-order valence-electron chi connectivity index (χ3n) is 2.24. The van der Waals surface area contributed by atoms with E-state index in [1.54, 1.807) is 6.92 Å². The van der Waals surface area contributed by atoms with E-state index in [9.17, 15) is 9.59 Å². The molecule has 0 aliphatic heterocycles. The van der Waals surface area contributed by atoms with Crippen molar-refractivity contribution in [1.29, 1.82) is 0 Å². The van der Waals surface area contributed by atoms with E-state index in [0.29, 0.717) is 6.42 Å². The summed E-state index contributed by atoms with van der Waals surface area (Å²) in [6, 6.07) is 0. The molecule has 0 saturated carbocycles. The fourth-order valence-corrected chi connectivity index (χ4v) is 1.77. The van der Waals surface area contributed by atoms with Crippen LogP contribution in [0.15, 0.2) is 11.8 Å². The van der Waals surface area contributed by atoms with E-state index in [1.807, 2.05) is 6.08 Å². The molecule has 1 rings (SSSR count). The summed E-state index contributed by atoms with van der Waals surface area (Å²) >= 11 is 0. The Labute approximate surface area is 84.1 Å². The maximum absolute atomic E-state index is 10.9. The average molecular weight is 196 g/mol. The molecule has 78 valence electrons. The molecule has 0 aromatic heterocycles. The van der Waals surface area contributed by atoms with E-state index >= 15 is 0 Å². The van der Waals surface area contributed by atoms with E-state index in [4.69, 9.17) is 4.74 Å². The Morgan fingerprint density at radius 2 is 2.21 bits per heavy atom. The highest BCUT2D eigenvalue weighted by Gasteiger charge is 2.16. The van der Waals surface area contributed by atoms with Gasteiger partial charge in [-0.15, -0.1) is 0 Å². The summed E-state index contributed by atoms with van der Waals surface area (Å²) in [5, 5.41) is 0. The zero-order chi connectivity index (χ0) is 10.6. The zero-order valence-electron chi connectivity index (χ0n) is 8.71. The molecule has 0 bridgehead atoms. The largest absolute Gasteiger partial charge is 0.432 e. The van der Waals surface area contributed by atoms with Gasteiger partial charge in [-0.3, -0.25) is 4.79 Å². The van der Waals surface area contributed by atoms with Gasteiger partial charge in [-0.1, -0.05) is 0 Å². The van der Waals surface area contributed by atoms with Crippen LogP contribution in [0.2, 0.25) is 0 Å². The lowest BCUT2D eigenvalue weighted by atomic mass is 9.91. The first-order chi connectivity index (χ1) is 6.58. The standard InChI is InChI=1S/C11H16O3/c1-8(12)6-10-4-3-5-11(7-10)14-9(2)13/h7,10H,3-6H2,1-2H3. The number of esters is 1. The third kappa shape index (κ3) is 3.73. The molecule has 1 unspecified atom stereocenters. The van der Waals surface area contributed by atoms with Crippen molar-refractivity contribution in [3.8, 4) is 0 Å². The molecular formula is C11H16O3. The van der Waals surface area contributed by atoms with Gasteiger partial charge in [0.25, 0.3) is 0 Å². The molecule has 0 N–H and O–H groups in total. The van der Waals surface area contributed by atoms with Crippen molar-refractivity contribution in [3.63, 3.8) is 0 Å². The maximum atomic E-state index is 10.9. The fourth-order valence-electron chi connectivity index (χ4n) is 1.77. The number of hydrogen-bond donors (Lipinski definition) is 0. The average Bonchev–Trinajstić information content (AvgIpc) is 2.01. The SMILES string of the molecule is CC(=O)CC1C=C(OC(C)=O)CCC1. The number of ether oxygens (including phenoxy) is 1. The van der Waals surface area contributed by atoms with Crippen molar-refractivity contribution in [1.82, 2.24) is 0 Å². The van der Waals surface area contributed by atoms with Crippen molar-refractivity contribution in [2.45, 2.75) is 39.5 Å². The minimum atomic E-state index is -0.278. The second-order valence-corrected chi connectivity index (χ2v) is 3.79. The van der Waals surface area contributed by atoms with Crippen molar-refractivity contribution in [2.75, 3.05) is 0 Å². The second kappa shape index (κ2) is 4.94. The molecule has 0 radical (unpaired) electrons. The van der Waals surface area contributed by atoms with Crippen molar-refractivity contribution >= 4 is 11.8 Å². The Balaban J connectivity index is 2.54. The molecule has 0 fully saturated rings. The van der Waals surface area contributed by atoms with Crippen LogP contribution in [-0.2, 0) is 14.3 Å². The highest BCUT2D eigenvalue weighted by molar-refractivity contribution is 5.76. The fraction of sp³-hybridized carbons (Fsp3) is 0.636. The van der Waals surface area contributed by atoms with Crippen LogP contribution in [0.1, 0.15) is 39.5 Å². The molecule has 1 aliphatic carbocycles. The molecule has 0 saturated heterocycles. The van der Waals surface area contributed by atoms with Crippen molar-refractivity contribution in [3.05, 3.63) is 11.8 Å². The molecule has 14 heavy (non-hydrogen) atoms. The van der Waals surface area contributed by atoms with Crippen LogP contribution in [0, 0.1) is 5.92 Å². The lowest BCUT2D eigenvalue weighted by Crippen LogP contribution is -2.11. The predicted octanol–water partition coefficient (Wildman–Crippen LogP) is 2.21. The highest BCUT2D eigenvalue weighted by atomic mass is 16.5. The van der Waals surface area contributed by atoms with E-state index in [0.717, 1.165) is 25.0 Å². The van der Waals surface area contributed by atoms with Gasteiger partial charge in [0.05, 0.1) is 0 Å². The Morgan fingerprint density at radius 1 is 1.50 bits per heavy atom. The van der Waals surface area contributed by atoms with Crippen LogP contribution in [-0.4, -0.2) is 11.8 Å². The lowest BCUT2D eigenvalue weighted by Gasteiger charge is -2.19. The minimum absolute atomic E-state index is 0.190. The van der Waals surface area contributed by atoms with Crippen LogP contribution in [0.3, 0.4) is 0 Å². The van der Waals surface area contributed by atoms with Gasteiger partial charge in [-0.05, 0) is 31.8 Å². The lowest BCUT2D eigenvalue weighted by molar-refractivity contribution is -0.137. The summed E-state index contributed by atoms with van der Waals surface area (Å²) < 4.78 is 5.01. The Bertz CT molecular complexity index is 266. The monoisotopic (exact) mass is 196 g/mol. The first kappa shape index (κ1) is 11.0. The van der Waals surface area contributed by atoms with Gasteiger partial charge in [0.1, 0.15) is 11.5 Å². The van der Waals surface area contributed by atoms with Gasteiger partial charge in [-0.2, -0.15) is 0 Å². The Morgan fingerprint density at radius 3 is 2.79 bits per heavy atom. The van der Waals surface area contributed by atoms with Gasteiger partial charge in [0, 0.05) is 19.8 Å². The Hall–Kier alpha value is -1.12. The van der Waals surface area contributed by atoms with Crippen LogP contribution in [0.25, 0.3) is 0 Å². The number of hydrogen-bond acceptors (Lipinski definition) is 3. The summed E-state index contributed by atoms with van der Waals surface area (Å²) in [7, 11) is 0. The van der Waals surface area contributed by atoms with Crippen LogP contribution in [0.4, 0.5) is 0 Å². The normalized spacial score (nSPS) is 21.3. The summed E-state index contributed by atoms with van der Waals surface area (Å²) in [5.74, 6) is 0.903. The summed E-state index contributed by atoms with van der Waals surface area (Å²) in [4.78, 5) is 21.6. The quantitative estimate of drug-likeness (QED) is 0.650. The summed E-state index contributed by atoms with van der Waals surface area (Å²) in [6.45, 7) is 2.99. The van der Waals surface area contributed by atoms with Gasteiger partial charge in [0.2, 0.25) is 0 Å². The number of allylic oxidation sites excluding steroid dienone is 2. The first-order valence-electron chi connectivity index (χ1n) is 4.96. The molecule has 3 heteroatoms. The Kier molecular flexibility index (Phi) is 3.86. The van der Waals surface area contributed by atoms with E-state index in [2.05, 4.69) is 0 Å². The number of Topliss-reactive ketones (excluding diaryl/α,β-unsaturated/α-hetero) is 1. The molecule has 0 amide bonds. The van der Waals surface area contributed by atoms with E-state index < -0.39 is 0 Å². The van der Waals surface area contributed by atoms with Crippen molar-refractivity contribution < 1.29 is 14.3 Å². The number of rotatable bonds is 3. The predicted molar refractivity (Wildman–Crippen MR) is 52.5 cm³/mol. The van der Waals surface area contributed by atoms with Gasteiger partial charge in [0.15, 0.2) is 0 Å². The van der Waals surface area contributed by atoms with Crippen LogP contribution >= 0.6 is 0 Å². The van der Waals surface area contributed by atoms with Crippen LogP contribution < -0.4 is 0 Å². The summed E-state index contributed by atoms with van der Waals surface area (Å²) in [6.07, 6.45) is 5.31. The number of ketones is 1. The van der Waals surface area contributed by atoms with E-state index in [1.165, 1.54) is 6.92 Å². The van der Waals surface area contributed by atoms with Gasteiger partial charge >= 0.3 is 5.97 Å². The van der Waals surface area contributed by atoms with Crippen LogP contribution in [0.5, 0.6) is 0 Å². The molecular weight excluding hydrogens is 180 g/mol. The smallest absolute Gasteiger partial charge is 0.307 e. The van der Waals surface area contributed by atoms with Gasteiger partial charge in [-0.25, -0.2) is 0 Å². The molecule has 0 aromatic carbocycles. The molecule has 0 aromatic rings. The third-order valence-corrected chi connectivity index (χ3v) is 2.24. The second-order valence-electron chi connectivity index (χ2n) is 3.79. The molecule has 3 nitrogen and oxygen atoms in total. The molecule has 0 spiro atoms. The summed E-state index contributed by atoms with van der Waals surface area (Å²) in [5.41, 5.74) is 0. The number of carbonyl (C=O) groups excluding carboxylic acids is 2. The minimum Gasteiger partial charge on any atom is -0.432 e. The maximum Gasteiger partial charge on any atom is 0.307 e. The molecule has 1 aliphatic rings. The first-order valence-corrected chi connectivity index (χ1v) is 4.96. The highest BCUT2D eigenvalue weighted by Crippen LogP contribution is 2.26.